The Hall–Kier alpha value is -0.350. The second-order valence-corrected chi connectivity index (χ2v) is 2.69. The second-order valence-electron chi connectivity index (χ2n) is 2.69. The minimum absolute atomic E-state index is 0. The van der Waals surface area contributed by atoms with Crippen LogP contribution in [-0.2, 0) is 0 Å². The SMILES string of the molecule is CN1CCCN(N=O)CC1.Cl. The standard InChI is InChI=1S/C6H13N3O.ClH/c1-8-3-2-4-9(7-10)6-5-8;/h2-6H2,1H3;1H. The summed E-state index contributed by atoms with van der Waals surface area (Å²) >= 11 is 0. The van der Waals surface area contributed by atoms with Crippen molar-refractivity contribution in [1.29, 1.82) is 0 Å². The van der Waals surface area contributed by atoms with Crippen LogP contribution in [0.15, 0.2) is 5.29 Å². The topological polar surface area (TPSA) is 35.9 Å². The van der Waals surface area contributed by atoms with Crippen LogP contribution in [0.3, 0.4) is 0 Å². The number of nitrogens with zero attached hydrogens (tertiary/aromatic N) is 3. The molecule has 1 aliphatic rings. The summed E-state index contributed by atoms with van der Waals surface area (Å²) in [7, 11) is 2.06. The van der Waals surface area contributed by atoms with Crippen molar-refractivity contribution in [2.75, 3.05) is 33.2 Å². The van der Waals surface area contributed by atoms with Gasteiger partial charge in [0, 0.05) is 13.1 Å². The summed E-state index contributed by atoms with van der Waals surface area (Å²) in [6.45, 7) is 3.62. The van der Waals surface area contributed by atoms with Gasteiger partial charge in [0.1, 0.15) is 0 Å². The molecule has 1 fully saturated rings. The normalized spacial score (nSPS) is 20.3. The van der Waals surface area contributed by atoms with E-state index < -0.39 is 0 Å². The van der Waals surface area contributed by atoms with Crippen molar-refractivity contribution < 1.29 is 0 Å². The van der Waals surface area contributed by atoms with Crippen molar-refractivity contribution in [1.82, 2.24) is 9.91 Å². The van der Waals surface area contributed by atoms with E-state index >= 15 is 0 Å². The van der Waals surface area contributed by atoms with Gasteiger partial charge in [-0.15, -0.1) is 17.3 Å². The number of hydrogen-bond acceptors (Lipinski definition) is 3. The van der Waals surface area contributed by atoms with Gasteiger partial charge in [-0.2, -0.15) is 0 Å². The molecule has 0 aromatic heterocycles. The predicted molar refractivity (Wildman–Crippen MR) is 46.7 cm³/mol. The zero-order chi connectivity index (χ0) is 7.40. The fraction of sp³-hybridized carbons (Fsp3) is 1.00. The van der Waals surface area contributed by atoms with Gasteiger partial charge in [-0.1, -0.05) is 0 Å². The summed E-state index contributed by atoms with van der Waals surface area (Å²) in [6.07, 6.45) is 1.04. The Kier molecular flexibility index (Phi) is 5.15. The maximum absolute atomic E-state index is 10.1. The monoisotopic (exact) mass is 179 g/mol. The third kappa shape index (κ3) is 3.53. The van der Waals surface area contributed by atoms with Gasteiger partial charge in [-0.05, 0) is 20.0 Å². The Labute approximate surface area is 72.9 Å². The molecule has 0 amide bonds. The van der Waals surface area contributed by atoms with Crippen LogP contribution in [0.2, 0.25) is 0 Å². The van der Waals surface area contributed by atoms with Crippen molar-refractivity contribution in [2.45, 2.75) is 6.42 Å². The molecule has 11 heavy (non-hydrogen) atoms. The molecule has 0 aromatic carbocycles. The summed E-state index contributed by atoms with van der Waals surface area (Å²) in [6, 6.07) is 0. The molecule has 1 rings (SSSR count). The summed E-state index contributed by atoms with van der Waals surface area (Å²) in [5.74, 6) is 0. The Balaban J connectivity index is 0.000001000. The van der Waals surface area contributed by atoms with Crippen LogP contribution in [0.25, 0.3) is 0 Å². The minimum atomic E-state index is 0. The maximum Gasteiger partial charge on any atom is 0.0524 e. The molecule has 1 heterocycles. The first kappa shape index (κ1) is 10.7. The van der Waals surface area contributed by atoms with E-state index in [4.69, 9.17) is 0 Å². The van der Waals surface area contributed by atoms with Crippen molar-refractivity contribution in [3.63, 3.8) is 0 Å². The molecule has 1 aliphatic heterocycles. The number of rotatable bonds is 1. The van der Waals surface area contributed by atoms with Gasteiger partial charge in [0.25, 0.3) is 0 Å². The highest BCUT2D eigenvalue weighted by atomic mass is 35.5. The molecule has 1 saturated heterocycles. The number of halogens is 1. The van der Waals surface area contributed by atoms with Gasteiger partial charge in [-0.3, -0.25) is 5.01 Å². The first-order valence-electron chi connectivity index (χ1n) is 3.59. The van der Waals surface area contributed by atoms with Gasteiger partial charge < -0.3 is 4.90 Å². The van der Waals surface area contributed by atoms with Gasteiger partial charge in [-0.25, -0.2) is 0 Å². The Morgan fingerprint density at radius 1 is 1.18 bits per heavy atom. The van der Waals surface area contributed by atoms with E-state index in [9.17, 15) is 4.91 Å². The summed E-state index contributed by atoms with van der Waals surface area (Å²) < 4.78 is 0. The Morgan fingerprint density at radius 3 is 2.55 bits per heavy atom. The molecule has 66 valence electrons. The molecule has 4 nitrogen and oxygen atoms in total. The van der Waals surface area contributed by atoms with Crippen LogP contribution in [0.4, 0.5) is 0 Å². The molecule has 0 radical (unpaired) electrons. The van der Waals surface area contributed by atoms with Crippen molar-refractivity contribution >= 4 is 12.4 Å². The van der Waals surface area contributed by atoms with Crippen molar-refractivity contribution in [2.24, 2.45) is 5.29 Å². The fourth-order valence-electron chi connectivity index (χ4n) is 1.11. The quantitative estimate of drug-likeness (QED) is 0.557. The molecule has 0 N–H and O–H groups in total. The van der Waals surface area contributed by atoms with E-state index in [1.807, 2.05) is 0 Å². The number of likely N-dealkylation sites (N-methyl/N-ethyl adjacent to an activating group) is 1. The highest BCUT2D eigenvalue weighted by Gasteiger charge is 2.09. The van der Waals surface area contributed by atoms with Crippen LogP contribution < -0.4 is 0 Å². The van der Waals surface area contributed by atoms with Crippen LogP contribution in [-0.4, -0.2) is 43.1 Å². The van der Waals surface area contributed by atoms with Gasteiger partial charge in [0.2, 0.25) is 0 Å². The van der Waals surface area contributed by atoms with E-state index in [1.165, 1.54) is 0 Å². The highest BCUT2D eigenvalue weighted by Crippen LogP contribution is 1.99. The van der Waals surface area contributed by atoms with E-state index in [1.54, 1.807) is 5.01 Å². The molecular formula is C6H14ClN3O. The smallest absolute Gasteiger partial charge is 0.0524 e. The van der Waals surface area contributed by atoms with Gasteiger partial charge in [0.05, 0.1) is 11.8 Å². The maximum atomic E-state index is 10.1. The first-order chi connectivity index (χ1) is 4.83. The lowest BCUT2D eigenvalue weighted by Crippen LogP contribution is -2.24. The largest absolute Gasteiger partial charge is 0.304 e. The third-order valence-electron chi connectivity index (χ3n) is 1.81. The van der Waals surface area contributed by atoms with Gasteiger partial charge in [0.15, 0.2) is 0 Å². The lowest BCUT2D eigenvalue weighted by Gasteiger charge is -2.12. The Bertz CT molecular complexity index is 122. The second kappa shape index (κ2) is 5.32. The molecule has 5 heteroatoms. The van der Waals surface area contributed by atoms with E-state index in [-0.39, 0.29) is 12.4 Å². The Morgan fingerprint density at radius 2 is 1.91 bits per heavy atom. The molecular weight excluding hydrogens is 166 g/mol. The molecule has 0 spiro atoms. The molecule has 0 unspecified atom stereocenters. The van der Waals surface area contributed by atoms with Gasteiger partial charge >= 0.3 is 0 Å². The average molecular weight is 180 g/mol. The minimum Gasteiger partial charge on any atom is -0.304 e. The van der Waals surface area contributed by atoms with E-state index in [0.717, 1.165) is 32.6 Å². The zero-order valence-electron chi connectivity index (χ0n) is 6.69. The van der Waals surface area contributed by atoms with Crippen LogP contribution in [0, 0.1) is 4.91 Å². The zero-order valence-corrected chi connectivity index (χ0v) is 7.51. The fourth-order valence-corrected chi connectivity index (χ4v) is 1.11. The van der Waals surface area contributed by atoms with Crippen molar-refractivity contribution in [3.05, 3.63) is 4.91 Å². The summed E-state index contributed by atoms with van der Waals surface area (Å²) in [5.41, 5.74) is 0. The third-order valence-corrected chi connectivity index (χ3v) is 1.81. The lowest BCUT2D eigenvalue weighted by molar-refractivity contribution is 0.285. The highest BCUT2D eigenvalue weighted by molar-refractivity contribution is 5.85. The molecule has 0 atom stereocenters. The van der Waals surface area contributed by atoms with E-state index in [2.05, 4.69) is 17.2 Å². The van der Waals surface area contributed by atoms with E-state index in [0.29, 0.717) is 0 Å². The number of nitroso groups, excluding NO2 is 1. The molecule has 0 bridgehead atoms. The molecule has 0 aromatic rings. The van der Waals surface area contributed by atoms with Crippen LogP contribution in [0.1, 0.15) is 6.42 Å². The summed E-state index contributed by atoms with van der Waals surface area (Å²) in [5, 5.41) is 4.49. The van der Waals surface area contributed by atoms with Crippen LogP contribution in [0.5, 0.6) is 0 Å². The van der Waals surface area contributed by atoms with Crippen molar-refractivity contribution in [3.8, 4) is 0 Å². The first-order valence-corrected chi connectivity index (χ1v) is 3.59. The molecule has 0 aliphatic carbocycles. The molecule has 0 saturated carbocycles. The number of hydrogen-bond donors (Lipinski definition) is 0. The summed E-state index contributed by atoms with van der Waals surface area (Å²) in [4.78, 5) is 12.3. The predicted octanol–water partition coefficient (Wildman–Crippen LogP) is 0.727. The lowest BCUT2D eigenvalue weighted by atomic mass is 10.4. The van der Waals surface area contributed by atoms with Crippen LogP contribution >= 0.6 is 12.4 Å². The average Bonchev–Trinajstić information content (AvgIpc) is 2.14.